The fraction of sp³-hybridized carbons (Fsp3) is 1.00. The second-order valence-corrected chi connectivity index (χ2v) is 4.18. The maximum atomic E-state index is 9.09. The van der Waals surface area contributed by atoms with Crippen LogP contribution in [0.1, 0.15) is 27.2 Å². The van der Waals surface area contributed by atoms with Gasteiger partial charge >= 0.3 is 0 Å². The molecule has 1 saturated carbocycles. The van der Waals surface area contributed by atoms with E-state index in [-0.39, 0.29) is 18.1 Å². The lowest BCUT2D eigenvalue weighted by Gasteiger charge is -2.58. The van der Waals surface area contributed by atoms with E-state index in [9.17, 15) is 0 Å². The first-order valence-corrected chi connectivity index (χ1v) is 4.49. The molecule has 1 aliphatic carbocycles. The average Bonchev–Trinajstić information content (AvgIpc) is 2.04. The van der Waals surface area contributed by atoms with Gasteiger partial charge in [0.1, 0.15) is 0 Å². The summed E-state index contributed by atoms with van der Waals surface area (Å²) < 4.78 is 5.50. The second-order valence-electron chi connectivity index (χ2n) is 4.18. The minimum absolute atomic E-state index is 0.0452. The zero-order chi connectivity index (χ0) is 9.41. The predicted octanol–water partition coefficient (Wildman–Crippen LogP) is 0.511. The van der Waals surface area contributed by atoms with Gasteiger partial charge in [0.25, 0.3) is 0 Å². The third kappa shape index (κ3) is 1.16. The molecule has 1 aliphatic rings. The average molecular weight is 173 g/mol. The summed E-state index contributed by atoms with van der Waals surface area (Å²) in [6.07, 6.45) is 0.976. The quantitative estimate of drug-likeness (QED) is 0.654. The number of aliphatic hydroxyl groups is 1. The molecule has 0 heterocycles. The van der Waals surface area contributed by atoms with Crippen LogP contribution in [0.2, 0.25) is 0 Å². The first-order valence-electron chi connectivity index (χ1n) is 4.49. The summed E-state index contributed by atoms with van der Waals surface area (Å²) >= 11 is 0. The molecule has 1 rings (SSSR count). The zero-order valence-electron chi connectivity index (χ0n) is 8.13. The molecule has 12 heavy (non-hydrogen) atoms. The van der Waals surface area contributed by atoms with E-state index in [0.717, 1.165) is 13.0 Å². The number of hydrogen-bond donors (Lipinski definition) is 2. The summed E-state index contributed by atoms with van der Waals surface area (Å²) in [6, 6.07) is 0. The zero-order valence-corrected chi connectivity index (χ0v) is 8.13. The Morgan fingerprint density at radius 2 is 2.17 bits per heavy atom. The highest BCUT2D eigenvalue weighted by Crippen LogP contribution is 2.49. The molecular formula is C9H19NO2. The molecule has 1 fully saturated rings. The monoisotopic (exact) mass is 173 g/mol. The molecular weight excluding hydrogens is 154 g/mol. The third-order valence-electron chi connectivity index (χ3n) is 3.29. The van der Waals surface area contributed by atoms with Crippen LogP contribution in [0.15, 0.2) is 0 Å². The van der Waals surface area contributed by atoms with E-state index >= 15 is 0 Å². The van der Waals surface area contributed by atoms with E-state index in [1.165, 1.54) is 0 Å². The van der Waals surface area contributed by atoms with E-state index < -0.39 is 5.54 Å². The fourth-order valence-electron chi connectivity index (χ4n) is 1.78. The van der Waals surface area contributed by atoms with Crippen molar-refractivity contribution in [3.8, 4) is 0 Å². The first-order chi connectivity index (χ1) is 5.48. The van der Waals surface area contributed by atoms with Gasteiger partial charge in [-0.05, 0) is 13.3 Å². The van der Waals surface area contributed by atoms with E-state index in [1.807, 2.05) is 20.8 Å². The molecule has 0 saturated heterocycles. The fourth-order valence-corrected chi connectivity index (χ4v) is 1.78. The maximum absolute atomic E-state index is 9.09. The maximum Gasteiger partial charge on any atom is 0.0662 e. The number of nitrogens with two attached hydrogens (primary N) is 1. The van der Waals surface area contributed by atoms with Gasteiger partial charge in [-0.25, -0.2) is 0 Å². The third-order valence-corrected chi connectivity index (χ3v) is 3.29. The summed E-state index contributed by atoms with van der Waals surface area (Å²) in [5.74, 6) is 0. The van der Waals surface area contributed by atoms with Gasteiger partial charge in [-0.2, -0.15) is 0 Å². The standard InChI is InChI=1S/C9H19NO2/c1-4-12-7-5-9(10,6-11)8(7,2)3/h7,11H,4-6,10H2,1-3H3/t7-,9+/m1/s1. The molecule has 3 nitrogen and oxygen atoms in total. The Hall–Kier alpha value is -0.120. The summed E-state index contributed by atoms with van der Waals surface area (Å²) in [5, 5.41) is 9.09. The van der Waals surface area contributed by atoms with E-state index in [2.05, 4.69) is 0 Å². The highest BCUT2D eigenvalue weighted by molar-refractivity contribution is 5.13. The van der Waals surface area contributed by atoms with Crippen molar-refractivity contribution in [2.24, 2.45) is 11.1 Å². The molecule has 3 heteroatoms. The molecule has 2 atom stereocenters. The molecule has 0 amide bonds. The van der Waals surface area contributed by atoms with Crippen molar-refractivity contribution in [3.63, 3.8) is 0 Å². The van der Waals surface area contributed by atoms with Crippen LogP contribution in [0.5, 0.6) is 0 Å². The van der Waals surface area contributed by atoms with Crippen molar-refractivity contribution in [1.82, 2.24) is 0 Å². The molecule has 72 valence electrons. The Kier molecular flexibility index (Phi) is 2.47. The predicted molar refractivity (Wildman–Crippen MR) is 47.8 cm³/mol. The van der Waals surface area contributed by atoms with Gasteiger partial charge in [-0.3, -0.25) is 0 Å². The lowest BCUT2D eigenvalue weighted by atomic mass is 9.55. The summed E-state index contributed by atoms with van der Waals surface area (Å²) in [5.41, 5.74) is 5.43. The van der Waals surface area contributed by atoms with Crippen molar-refractivity contribution in [3.05, 3.63) is 0 Å². The highest BCUT2D eigenvalue weighted by atomic mass is 16.5. The van der Waals surface area contributed by atoms with Crippen LogP contribution in [0.3, 0.4) is 0 Å². The summed E-state index contributed by atoms with van der Waals surface area (Å²) in [6.45, 7) is 6.84. The Bertz CT molecular complexity index is 170. The number of aliphatic hydroxyl groups excluding tert-OH is 1. The van der Waals surface area contributed by atoms with Gasteiger partial charge in [0, 0.05) is 17.6 Å². The van der Waals surface area contributed by atoms with Crippen molar-refractivity contribution >= 4 is 0 Å². The Balaban J connectivity index is 2.59. The van der Waals surface area contributed by atoms with Crippen molar-refractivity contribution in [1.29, 1.82) is 0 Å². The van der Waals surface area contributed by atoms with Gasteiger partial charge < -0.3 is 15.6 Å². The molecule has 0 radical (unpaired) electrons. The minimum atomic E-state index is -0.438. The van der Waals surface area contributed by atoms with E-state index in [4.69, 9.17) is 15.6 Å². The van der Waals surface area contributed by atoms with Gasteiger partial charge in [0.05, 0.1) is 12.7 Å². The van der Waals surface area contributed by atoms with Crippen LogP contribution >= 0.6 is 0 Å². The van der Waals surface area contributed by atoms with E-state index in [1.54, 1.807) is 0 Å². The molecule has 0 spiro atoms. The minimum Gasteiger partial charge on any atom is -0.394 e. The van der Waals surface area contributed by atoms with Crippen LogP contribution in [0.25, 0.3) is 0 Å². The van der Waals surface area contributed by atoms with Crippen LogP contribution in [-0.4, -0.2) is 30.0 Å². The van der Waals surface area contributed by atoms with Gasteiger partial charge in [0.2, 0.25) is 0 Å². The molecule has 0 aromatic rings. The molecule has 0 aromatic heterocycles. The molecule has 0 aromatic carbocycles. The lowest BCUT2D eigenvalue weighted by Crippen LogP contribution is -2.71. The van der Waals surface area contributed by atoms with Crippen LogP contribution < -0.4 is 5.73 Å². The van der Waals surface area contributed by atoms with Crippen molar-refractivity contribution in [2.45, 2.75) is 38.8 Å². The SMILES string of the molecule is CCO[C@@H]1C[C@](N)(CO)C1(C)C. The van der Waals surface area contributed by atoms with Crippen molar-refractivity contribution < 1.29 is 9.84 Å². The smallest absolute Gasteiger partial charge is 0.0662 e. The van der Waals surface area contributed by atoms with Crippen LogP contribution in [0, 0.1) is 5.41 Å². The summed E-state index contributed by atoms with van der Waals surface area (Å²) in [7, 11) is 0. The van der Waals surface area contributed by atoms with Gasteiger partial charge in [0.15, 0.2) is 0 Å². The van der Waals surface area contributed by atoms with Crippen LogP contribution in [-0.2, 0) is 4.74 Å². The van der Waals surface area contributed by atoms with Crippen LogP contribution in [0.4, 0.5) is 0 Å². The Morgan fingerprint density at radius 3 is 2.50 bits per heavy atom. The first kappa shape index (κ1) is 9.96. The number of hydrogen-bond acceptors (Lipinski definition) is 3. The van der Waals surface area contributed by atoms with Gasteiger partial charge in [-0.1, -0.05) is 13.8 Å². The lowest BCUT2D eigenvalue weighted by molar-refractivity contribution is -0.162. The topological polar surface area (TPSA) is 55.5 Å². The Labute approximate surface area is 73.9 Å². The molecule has 3 N–H and O–H groups in total. The summed E-state index contributed by atoms with van der Waals surface area (Å²) in [4.78, 5) is 0. The molecule has 0 bridgehead atoms. The number of rotatable bonds is 3. The molecule has 0 unspecified atom stereocenters. The Morgan fingerprint density at radius 1 is 1.58 bits per heavy atom. The second kappa shape index (κ2) is 2.98. The van der Waals surface area contributed by atoms with E-state index in [0.29, 0.717) is 0 Å². The normalized spacial score (nSPS) is 39.2. The molecule has 0 aliphatic heterocycles. The highest BCUT2D eigenvalue weighted by Gasteiger charge is 2.58. The van der Waals surface area contributed by atoms with Crippen molar-refractivity contribution in [2.75, 3.05) is 13.2 Å². The van der Waals surface area contributed by atoms with Gasteiger partial charge in [-0.15, -0.1) is 0 Å². The number of ether oxygens (including phenoxy) is 1. The largest absolute Gasteiger partial charge is 0.394 e.